The van der Waals surface area contributed by atoms with Crippen molar-refractivity contribution in [3.63, 3.8) is 0 Å². The first-order valence-corrected chi connectivity index (χ1v) is 7.54. The summed E-state index contributed by atoms with van der Waals surface area (Å²) in [4.78, 5) is 16.6. The number of nitrogens with one attached hydrogen (secondary N) is 1. The van der Waals surface area contributed by atoms with E-state index in [1.54, 1.807) is 25.4 Å². The number of hydrogen-bond donors (Lipinski definition) is 1. The lowest BCUT2D eigenvalue weighted by Crippen LogP contribution is -2.26. The molecule has 0 aliphatic heterocycles. The molecule has 0 saturated heterocycles. The number of pyridine rings is 1. The molecule has 2 aromatic rings. The summed E-state index contributed by atoms with van der Waals surface area (Å²) >= 11 is 3.38. The van der Waals surface area contributed by atoms with Crippen LogP contribution in [0, 0.1) is 0 Å². The second kappa shape index (κ2) is 7.79. The van der Waals surface area contributed by atoms with Crippen LogP contribution in [-0.4, -0.2) is 31.7 Å². The molecule has 0 bridgehead atoms. The van der Waals surface area contributed by atoms with Gasteiger partial charge in [-0.15, -0.1) is 0 Å². The fourth-order valence-electron chi connectivity index (χ4n) is 2.01. The van der Waals surface area contributed by atoms with E-state index < -0.39 is 0 Å². The zero-order valence-electron chi connectivity index (χ0n) is 12.4. The second-order valence-electron chi connectivity index (χ2n) is 4.52. The lowest BCUT2D eigenvalue weighted by atomic mass is 10.1. The van der Waals surface area contributed by atoms with Crippen LogP contribution in [0.25, 0.3) is 0 Å². The van der Waals surface area contributed by atoms with Gasteiger partial charge in [-0.3, -0.25) is 9.78 Å². The molecule has 0 aliphatic carbocycles. The van der Waals surface area contributed by atoms with Gasteiger partial charge in [-0.05, 0) is 40.2 Å². The third-order valence-electron chi connectivity index (χ3n) is 3.09. The van der Waals surface area contributed by atoms with Crippen LogP contribution < -0.4 is 14.8 Å². The molecular formula is C16H17BrN2O3. The highest BCUT2D eigenvalue weighted by molar-refractivity contribution is 9.10. The van der Waals surface area contributed by atoms with Gasteiger partial charge in [0.1, 0.15) is 11.5 Å². The largest absolute Gasteiger partial charge is 0.497 e. The number of carbonyl (C=O) groups excluding carboxylic acids is 1. The van der Waals surface area contributed by atoms with Crippen molar-refractivity contribution in [2.24, 2.45) is 0 Å². The maximum absolute atomic E-state index is 12.3. The predicted octanol–water partition coefficient (Wildman–Crippen LogP) is 2.83. The van der Waals surface area contributed by atoms with Gasteiger partial charge in [0.15, 0.2) is 0 Å². The minimum Gasteiger partial charge on any atom is -0.497 e. The van der Waals surface area contributed by atoms with Gasteiger partial charge in [-0.25, -0.2) is 0 Å². The number of nitrogens with zero attached hydrogens (tertiary/aromatic N) is 1. The van der Waals surface area contributed by atoms with E-state index in [1.165, 1.54) is 7.11 Å². The third kappa shape index (κ3) is 3.98. The summed E-state index contributed by atoms with van der Waals surface area (Å²) in [5.41, 5.74) is 1.36. The summed E-state index contributed by atoms with van der Waals surface area (Å²) in [6, 6.07) is 9.12. The highest BCUT2D eigenvalue weighted by Crippen LogP contribution is 2.33. The minimum absolute atomic E-state index is 0.215. The Morgan fingerprint density at radius 2 is 2.09 bits per heavy atom. The molecule has 0 atom stereocenters. The van der Waals surface area contributed by atoms with Crippen LogP contribution in [0.15, 0.2) is 41.0 Å². The molecule has 0 unspecified atom stereocenters. The number of amides is 1. The Kier molecular flexibility index (Phi) is 5.77. The van der Waals surface area contributed by atoms with Crippen molar-refractivity contribution in [3.05, 3.63) is 52.3 Å². The van der Waals surface area contributed by atoms with Gasteiger partial charge in [0.2, 0.25) is 0 Å². The molecule has 1 aromatic carbocycles. The molecule has 0 aliphatic rings. The van der Waals surface area contributed by atoms with Crippen molar-refractivity contribution < 1.29 is 14.3 Å². The lowest BCUT2D eigenvalue weighted by Gasteiger charge is -2.12. The molecule has 22 heavy (non-hydrogen) atoms. The predicted molar refractivity (Wildman–Crippen MR) is 87.5 cm³/mol. The van der Waals surface area contributed by atoms with E-state index in [4.69, 9.17) is 9.47 Å². The van der Waals surface area contributed by atoms with E-state index in [9.17, 15) is 4.79 Å². The van der Waals surface area contributed by atoms with Gasteiger partial charge < -0.3 is 14.8 Å². The Hall–Kier alpha value is -2.08. The number of halogens is 1. The summed E-state index contributed by atoms with van der Waals surface area (Å²) in [7, 11) is 3.08. The topological polar surface area (TPSA) is 60.5 Å². The molecule has 6 heteroatoms. The summed E-state index contributed by atoms with van der Waals surface area (Å²) in [6.07, 6.45) is 2.40. The number of ether oxygens (including phenoxy) is 2. The number of hydrogen-bond acceptors (Lipinski definition) is 4. The maximum atomic E-state index is 12.3. The van der Waals surface area contributed by atoms with Gasteiger partial charge in [-0.2, -0.15) is 0 Å². The van der Waals surface area contributed by atoms with Gasteiger partial charge in [0, 0.05) is 24.9 Å². The Labute approximate surface area is 137 Å². The summed E-state index contributed by atoms with van der Waals surface area (Å²) in [6.45, 7) is 0.494. The molecule has 116 valence electrons. The van der Waals surface area contributed by atoms with Gasteiger partial charge in [0.25, 0.3) is 5.91 Å². The van der Waals surface area contributed by atoms with Crippen LogP contribution in [0.3, 0.4) is 0 Å². The van der Waals surface area contributed by atoms with E-state index in [0.717, 1.165) is 5.69 Å². The standard InChI is InChI=1S/C16H17BrN2O3/c1-21-12-9-13(15(22-2)14(17)10-12)16(20)19-8-6-11-5-3-4-7-18-11/h3-5,7,9-10H,6,8H2,1-2H3,(H,19,20). The summed E-state index contributed by atoms with van der Waals surface area (Å²) in [5, 5.41) is 2.87. The molecule has 1 N–H and O–H groups in total. The number of rotatable bonds is 6. The molecule has 2 rings (SSSR count). The zero-order valence-corrected chi connectivity index (χ0v) is 14.0. The molecule has 1 aromatic heterocycles. The fraction of sp³-hybridized carbons (Fsp3) is 0.250. The SMILES string of the molecule is COc1cc(Br)c(OC)c(C(=O)NCCc2ccccn2)c1. The molecule has 0 spiro atoms. The van der Waals surface area contributed by atoms with Crippen LogP contribution in [0.4, 0.5) is 0 Å². The summed E-state index contributed by atoms with van der Waals surface area (Å²) < 4.78 is 11.1. The van der Waals surface area contributed by atoms with E-state index in [1.807, 2.05) is 18.2 Å². The van der Waals surface area contributed by atoms with E-state index in [0.29, 0.717) is 34.5 Å². The number of carbonyl (C=O) groups is 1. The average molecular weight is 365 g/mol. The van der Waals surface area contributed by atoms with Gasteiger partial charge >= 0.3 is 0 Å². The van der Waals surface area contributed by atoms with Crippen molar-refractivity contribution in [2.75, 3.05) is 20.8 Å². The van der Waals surface area contributed by atoms with Crippen molar-refractivity contribution in [3.8, 4) is 11.5 Å². The average Bonchev–Trinajstić information content (AvgIpc) is 2.54. The van der Waals surface area contributed by atoms with Crippen LogP contribution in [-0.2, 0) is 6.42 Å². The normalized spacial score (nSPS) is 10.1. The molecular weight excluding hydrogens is 348 g/mol. The van der Waals surface area contributed by atoms with Crippen molar-refractivity contribution in [2.45, 2.75) is 6.42 Å². The molecule has 1 heterocycles. The van der Waals surface area contributed by atoms with Crippen LogP contribution in [0.2, 0.25) is 0 Å². The number of methoxy groups -OCH3 is 2. The Morgan fingerprint density at radius 3 is 2.73 bits per heavy atom. The lowest BCUT2D eigenvalue weighted by molar-refractivity contribution is 0.0950. The van der Waals surface area contributed by atoms with Crippen molar-refractivity contribution >= 4 is 21.8 Å². The third-order valence-corrected chi connectivity index (χ3v) is 3.68. The summed E-state index contributed by atoms with van der Waals surface area (Å²) in [5.74, 6) is 0.853. The first-order chi connectivity index (χ1) is 10.7. The molecule has 1 amide bonds. The smallest absolute Gasteiger partial charge is 0.255 e. The quantitative estimate of drug-likeness (QED) is 0.855. The molecule has 0 fully saturated rings. The van der Waals surface area contributed by atoms with E-state index in [2.05, 4.69) is 26.2 Å². The first kappa shape index (κ1) is 16.3. The monoisotopic (exact) mass is 364 g/mol. The number of benzene rings is 1. The van der Waals surface area contributed by atoms with Crippen LogP contribution in [0.1, 0.15) is 16.1 Å². The zero-order chi connectivity index (χ0) is 15.9. The van der Waals surface area contributed by atoms with Crippen molar-refractivity contribution in [1.29, 1.82) is 0 Å². The maximum Gasteiger partial charge on any atom is 0.255 e. The fourth-order valence-corrected chi connectivity index (χ4v) is 2.61. The van der Waals surface area contributed by atoms with Crippen LogP contribution >= 0.6 is 15.9 Å². The minimum atomic E-state index is -0.215. The number of aromatic nitrogens is 1. The Balaban J connectivity index is 2.07. The van der Waals surface area contributed by atoms with Gasteiger partial charge in [-0.1, -0.05) is 6.07 Å². The molecule has 0 radical (unpaired) electrons. The van der Waals surface area contributed by atoms with Crippen molar-refractivity contribution in [1.82, 2.24) is 10.3 Å². The molecule has 0 saturated carbocycles. The first-order valence-electron chi connectivity index (χ1n) is 6.75. The highest BCUT2D eigenvalue weighted by atomic mass is 79.9. The van der Waals surface area contributed by atoms with E-state index in [-0.39, 0.29) is 5.91 Å². The Morgan fingerprint density at radius 1 is 1.27 bits per heavy atom. The second-order valence-corrected chi connectivity index (χ2v) is 5.37. The van der Waals surface area contributed by atoms with Crippen LogP contribution in [0.5, 0.6) is 11.5 Å². The highest BCUT2D eigenvalue weighted by Gasteiger charge is 2.17. The van der Waals surface area contributed by atoms with Gasteiger partial charge in [0.05, 0.1) is 24.3 Å². The van der Waals surface area contributed by atoms with E-state index >= 15 is 0 Å². The Bertz CT molecular complexity index is 647. The molecule has 5 nitrogen and oxygen atoms in total.